The summed E-state index contributed by atoms with van der Waals surface area (Å²) in [5.74, 6) is 0.720. The number of anilines is 2. The number of aliphatic hydroxyl groups excluding tert-OH is 1. The van der Waals surface area contributed by atoms with E-state index in [2.05, 4.69) is 50.8 Å². The lowest BCUT2D eigenvalue weighted by atomic mass is 9.90. The Kier molecular flexibility index (Phi) is 7.54. The van der Waals surface area contributed by atoms with Crippen LogP contribution in [0, 0.1) is 5.41 Å². The third kappa shape index (κ3) is 5.33. The summed E-state index contributed by atoms with van der Waals surface area (Å²) >= 11 is 0. The molecule has 12 heteroatoms. The average Bonchev–Trinajstić information content (AvgIpc) is 3.54. The minimum absolute atomic E-state index is 0.0550. The maximum atomic E-state index is 13.8. The number of nitrogens with one attached hydrogen (secondary N) is 1. The van der Waals surface area contributed by atoms with Crippen molar-refractivity contribution in [2.75, 3.05) is 49.6 Å². The van der Waals surface area contributed by atoms with Gasteiger partial charge in [0.25, 0.3) is 5.56 Å². The van der Waals surface area contributed by atoms with Crippen molar-refractivity contribution in [2.45, 2.75) is 52.3 Å². The van der Waals surface area contributed by atoms with Crippen LogP contribution in [0.25, 0.3) is 11.3 Å². The number of Topliss-reactive ketones (excluding diaryl/α,β-unsaturated/α-hetero) is 1. The molecule has 48 heavy (non-hydrogen) atoms. The predicted molar refractivity (Wildman–Crippen MR) is 183 cm³/mol. The quantitative estimate of drug-likeness (QED) is 0.311. The molecule has 4 aromatic heterocycles. The van der Waals surface area contributed by atoms with Gasteiger partial charge in [0.1, 0.15) is 23.7 Å². The summed E-state index contributed by atoms with van der Waals surface area (Å²) < 4.78 is 8.84. The number of rotatable bonds is 7. The molecule has 0 saturated carbocycles. The van der Waals surface area contributed by atoms with E-state index in [1.807, 2.05) is 35.0 Å². The summed E-state index contributed by atoms with van der Waals surface area (Å²) in [5.41, 5.74) is 5.89. The lowest BCUT2D eigenvalue weighted by Gasteiger charge is -2.46. The smallest absolute Gasteiger partial charge is 0.280 e. The van der Waals surface area contributed by atoms with Crippen molar-refractivity contribution < 1.29 is 14.6 Å². The van der Waals surface area contributed by atoms with Crippen molar-refractivity contribution in [1.82, 2.24) is 23.8 Å². The van der Waals surface area contributed by atoms with Crippen LogP contribution in [0.1, 0.15) is 43.2 Å². The second-order valence-corrected chi connectivity index (χ2v) is 14.1. The van der Waals surface area contributed by atoms with Gasteiger partial charge in [-0.3, -0.25) is 24.0 Å². The molecule has 0 spiro atoms. The summed E-state index contributed by atoms with van der Waals surface area (Å²) in [6.07, 6.45) is 10.6. The third-order valence-corrected chi connectivity index (χ3v) is 10.2. The summed E-state index contributed by atoms with van der Waals surface area (Å²) in [5, 5.41) is 13.8. The first-order chi connectivity index (χ1) is 23.2. The van der Waals surface area contributed by atoms with E-state index in [0.717, 1.165) is 51.4 Å². The van der Waals surface area contributed by atoms with Crippen LogP contribution in [0.15, 0.2) is 70.6 Å². The first kappa shape index (κ1) is 30.7. The molecule has 0 bridgehead atoms. The minimum atomic E-state index is -0.366. The van der Waals surface area contributed by atoms with Gasteiger partial charge in [-0.1, -0.05) is 13.8 Å². The molecule has 1 aliphatic carbocycles. The minimum Gasteiger partial charge on any atom is -0.392 e. The number of carbonyl (C=O) groups excluding carboxylic acids is 1. The van der Waals surface area contributed by atoms with E-state index in [0.29, 0.717) is 51.8 Å². The predicted octanol–water partition coefficient (Wildman–Crippen LogP) is 2.77. The zero-order chi connectivity index (χ0) is 33.2. The van der Waals surface area contributed by atoms with Crippen LogP contribution in [-0.2, 0) is 29.0 Å². The number of hydrogen-bond donors (Lipinski definition) is 2. The van der Waals surface area contributed by atoms with E-state index in [9.17, 15) is 14.7 Å². The van der Waals surface area contributed by atoms with Gasteiger partial charge < -0.3 is 24.5 Å². The number of nitrogens with zero attached hydrogens (tertiary/aromatic N) is 7. The number of fused-ring (bicyclic) bond motifs is 3. The lowest BCUT2D eigenvalue weighted by molar-refractivity contribution is -0.114. The number of allylic oxidation sites excluding steroid dienone is 1. The molecule has 0 radical (unpaired) electrons. The molecule has 8 rings (SSSR count). The van der Waals surface area contributed by atoms with Crippen LogP contribution in [-0.4, -0.2) is 91.9 Å². The number of aliphatic imine (C=N–C) groups is 1. The highest BCUT2D eigenvalue weighted by molar-refractivity contribution is 6.18. The van der Waals surface area contributed by atoms with Crippen LogP contribution in [0.4, 0.5) is 11.5 Å². The summed E-state index contributed by atoms with van der Waals surface area (Å²) in [7, 11) is 0. The molecule has 12 nitrogen and oxygen atoms in total. The number of aliphatic hydroxyl groups is 1. The van der Waals surface area contributed by atoms with Gasteiger partial charge in [-0.05, 0) is 61.1 Å². The number of ketones is 1. The highest BCUT2D eigenvalue weighted by atomic mass is 16.5. The van der Waals surface area contributed by atoms with Gasteiger partial charge >= 0.3 is 0 Å². The number of dihydropyridines is 1. The Morgan fingerprint density at radius 1 is 1.08 bits per heavy atom. The Hall–Kier alpha value is -4.65. The van der Waals surface area contributed by atoms with Gasteiger partial charge in [0, 0.05) is 61.1 Å². The molecule has 0 unspecified atom stereocenters. The largest absolute Gasteiger partial charge is 0.392 e. The van der Waals surface area contributed by atoms with Crippen molar-refractivity contribution in [1.29, 1.82) is 0 Å². The van der Waals surface area contributed by atoms with Crippen molar-refractivity contribution in [3.05, 3.63) is 93.6 Å². The molecule has 0 aromatic carbocycles. The van der Waals surface area contributed by atoms with Crippen molar-refractivity contribution in [2.24, 2.45) is 10.4 Å². The summed E-state index contributed by atoms with van der Waals surface area (Å²) in [6.45, 7) is 10.8. The topological polar surface area (TPSA) is 130 Å². The summed E-state index contributed by atoms with van der Waals surface area (Å²) in [4.78, 5) is 45.3. The zero-order valence-corrected chi connectivity index (χ0v) is 27.5. The monoisotopic (exact) mass is 648 g/mol. The Balaban J connectivity index is 1.03. The van der Waals surface area contributed by atoms with Gasteiger partial charge in [-0.2, -0.15) is 0 Å². The Labute approximate surface area is 278 Å². The SMILES string of the molecule is C[C@H]1CN(C2COC2)CCN1c1ccc(NC2=CC(c3ccnc(-n4ccn5c6c(cc5c4=O)CC(C)(C)C6)c3CO)=NCC2=O)nc1. The van der Waals surface area contributed by atoms with Crippen LogP contribution in [0.2, 0.25) is 0 Å². The molecule has 2 N–H and O–H groups in total. The van der Waals surface area contributed by atoms with Crippen LogP contribution in [0.5, 0.6) is 0 Å². The molecular weight excluding hydrogens is 608 g/mol. The molecule has 3 aliphatic heterocycles. The Bertz CT molecular complexity index is 2040. The molecule has 4 aromatic rings. The first-order valence-electron chi connectivity index (χ1n) is 16.6. The van der Waals surface area contributed by atoms with E-state index in [1.54, 1.807) is 24.5 Å². The second kappa shape index (κ2) is 11.8. The fourth-order valence-corrected chi connectivity index (χ4v) is 7.59. The number of piperazine rings is 1. The van der Waals surface area contributed by atoms with Crippen molar-refractivity contribution in [3.63, 3.8) is 0 Å². The molecule has 7 heterocycles. The Morgan fingerprint density at radius 2 is 1.94 bits per heavy atom. The fraction of sp³-hybridized carbons (Fsp3) is 0.417. The number of pyridine rings is 2. The molecule has 248 valence electrons. The first-order valence-corrected chi connectivity index (χ1v) is 16.6. The molecule has 4 aliphatic rings. The van der Waals surface area contributed by atoms with Crippen molar-refractivity contribution in [3.8, 4) is 5.82 Å². The van der Waals surface area contributed by atoms with Crippen LogP contribution in [0.3, 0.4) is 0 Å². The Morgan fingerprint density at radius 3 is 2.67 bits per heavy atom. The van der Waals surface area contributed by atoms with E-state index < -0.39 is 0 Å². The molecule has 0 amide bonds. The molecular formula is C36H40N8O4. The standard InChI is InChI=1S/C36H40N8O4/c1-22-18-41(25-20-48-21-25)8-9-42(22)24-4-5-33(39-16-24)40-29-13-28(38-17-32(29)46)26-6-7-37-34(27(26)19-45)44-11-10-43-30(35(44)47)12-23-14-36(2,3)15-31(23)43/h4-7,10-13,16,22,25,45H,8-9,14-15,17-21H2,1-3H3,(H,39,40)/t22-/m0/s1. The van der Waals surface area contributed by atoms with Gasteiger partial charge in [-0.15, -0.1) is 0 Å². The number of hydrogen-bond acceptors (Lipinski definition) is 10. The van der Waals surface area contributed by atoms with E-state index in [1.165, 1.54) is 15.8 Å². The lowest BCUT2D eigenvalue weighted by Crippen LogP contribution is -2.59. The second-order valence-electron chi connectivity index (χ2n) is 14.1. The molecule has 2 saturated heterocycles. The fourth-order valence-electron chi connectivity index (χ4n) is 7.59. The number of aromatic nitrogens is 4. The van der Waals surface area contributed by atoms with Gasteiger partial charge in [0.2, 0.25) is 0 Å². The van der Waals surface area contributed by atoms with Crippen LogP contribution >= 0.6 is 0 Å². The summed E-state index contributed by atoms with van der Waals surface area (Å²) in [6, 6.07) is 8.54. The maximum Gasteiger partial charge on any atom is 0.280 e. The van der Waals surface area contributed by atoms with Crippen molar-refractivity contribution >= 4 is 28.5 Å². The van der Waals surface area contributed by atoms with E-state index in [-0.39, 0.29) is 29.9 Å². The van der Waals surface area contributed by atoms with Gasteiger partial charge in [-0.25, -0.2) is 9.97 Å². The zero-order valence-electron chi connectivity index (χ0n) is 27.5. The van der Waals surface area contributed by atoms with Crippen LogP contribution < -0.4 is 15.8 Å². The molecule has 1 atom stereocenters. The van der Waals surface area contributed by atoms with E-state index >= 15 is 0 Å². The third-order valence-electron chi connectivity index (χ3n) is 10.2. The maximum absolute atomic E-state index is 13.8. The van der Waals surface area contributed by atoms with Gasteiger partial charge in [0.15, 0.2) is 5.78 Å². The highest BCUT2D eigenvalue weighted by Gasteiger charge is 2.33. The number of ether oxygens (including phenoxy) is 1. The number of carbonyl (C=O) groups is 1. The van der Waals surface area contributed by atoms with E-state index in [4.69, 9.17) is 4.74 Å². The normalized spacial score (nSPS) is 21.2. The highest BCUT2D eigenvalue weighted by Crippen LogP contribution is 2.37. The van der Waals surface area contributed by atoms with Gasteiger partial charge in [0.05, 0.1) is 49.2 Å². The average molecular weight is 649 g/mol. The molecule has 2 fully saturated rings.